The van der Waals surface area contributed by atoms with E-state index in [0.29, 0.717) is 23.8 Å². The lowest BCUT2D eigenvalue weighted by molar-refractivity contribution is -0.116. The van der Waals surface area contributed by atoms with Gasteiger partial charge in [0.15, 0.2) is 0 Å². The summed E-state index contributed by atoms with van der Waals surface area (Å²) in [5.41, 5.74) is 2.91. The fraction of sp³-hybridized carbons (Fsp3) is 0.474. The summed E-state index contributed by atoms with van der Waals surface area (Å²) in [7, 11) is 1.89. The quantitative estimate of drug-likeness (QED) is 0.880. The summed E-state index contributed by atoms with van der Waals surface area (Å²) in [6, 6.07) is 7.68. The molecule has 1 unspecified atom stereocenters. The van der Waals surface area contributed by atoms with Gasteiger partial charge in [-0.1, -0.05) is 18.5 Å². The Kier molecular flexibility index (Phi) is 5.63. The van der Waals surface area contributed by atoms with Crippen molar-refractivity contribution in [2.24, 2.45) is 13.0 Å². The van der Waals surface area contributed by atoms with Gasteiger partial charge in [-0.05, 0) is 49.4 Å². The maximum absolute atomic E-state index is 12.4. The summed E-state index contributed by atoms with van der Waals surface area (Å²) in [5, 5.41) is 7.82. The number of aromatic nitrogens is 2. The zero-order valence-electron chi connectivity index (χ0n) is 14.8. The van der Waals surface area contributed by atoms with Gasteiger partial charge in [0, 0.05) is 43.5 Å². The van der Waals surface area contributed by atoms with Crippen LogP contribution in [-0.2, 0) is 18.3 Å². The lowest BCUT2D eigenvalue weighted by atomic mass is 9.99. The predicted molar refractivity (Wildman–Crippen MR) is 102 cm³/mol. The molecule has 25 heavy (non-hydrogen) atoms. The molecular formula is C19H25ClN4O. The summed E-state index contributed by atoms with van der Waals surface area (Å²) in [5.74, 6) is 0.660. The molecule has 0 spiro atoms. The second-order valence-electron chi connectivity index (χ2n) is 6.85. The minimum absolute atomic E-state index is 0.00484. The number of carbonyl (C=O) groups excluding carboxylic acids is 1. The maximum Gasteiger partial charge on any atom is 0.224 e. The van der Waals surface area contributed by atoms with Crippen LogP contribution in [0.3, 0.4) is 0 Å². The molecule has 5 nitrogen and oxygen atoms in total. The van der Waals surface area contributed by atoms with Gasteiger partial charge in [-0.2, -0.15) is 5.10 Å². The number of halogens is 1. The Hall–Kier alpha value is -2.01. The molecule has 1 amide bonds. The molecule has 1 aromatic carbocycles. The highest BCUT2D eigenvalue weighted by molar-refractivity contribution is 6.31. The number of carbonyl (C=O) groups is 1. The lowest BCUT2D eigenvalue weighted by Gasteiger charge is -2.34. The number of rotatable bonds is 5. The van der Waals surface area contributed by atoms with Crippen LogP contribution in [0.15, 0.2) is 30.5 Å². The molecule has 3 rings (SSSR count). The van der Waals surface area contributed by atoms with Crippen LogP contribution in [0.4, 0.5) is 11.4 Å². The number of benzene rings is 1. The van der Waals surface area contributed by atoms with Crippen LogP contribution < -0.4 is 10.2 Å². The van der Waals surface area contributed by atoms with E-state index in [0.717, 1.165) is 30.2 Å². The predicted octanol–water partition coefficient (Wildman–Crippen LogP) is 3.88. The monoisotopic (exact) mass is 360 g/mol. The molecule has 1 atom stereocenters. The molecule has 1 aliphatic rings. The first-order valence-corrected chi connectivity index (χ1v) is 9.22. The van der Waals surface area contributed by atoms with Crippen molar-refractivity contribution in [1.82, 2.24) is 9.78 Å². The topological polar surface area (TPSA) is 50.2 Å². The Morgan fingerprint density at radius 3 is 2.96 bits per heavy atom. The highest BCUT2D eigenvalue weighted by Gasteiger charge is 2.20. The third kappa shape index (κ3) is 4.54. The zero-order valence-corrected chi connectivity index (χ0v) is 15.6. The van der Waals surface area contributed by atoms with Gasteiger partial charge in [0.1, 0.15) is 0 Å². The first-order valence-electron chi connectivity index (χ1n) is 8.84. The van der Waals surface area contributed by atoms with E-state index in [1.54, 1.807) is 10.9 Å². The average molecular weight is 361 g/mol. The number of hydrogen-bond donors (Lipinski definition) is 1. The number of nitrogens with one attached hydrogen (secondary N) is 1. The summed E-state index contributed by atoms with van der Waals surface area (Å²) in [6.07, 6.45) is 5.27. The van der Waals surface area contributed by atoms with E-state index in [2.05, 4.69) is 22.2 Å². The molecule has 6 heteroatoms. The fourth-order valence-corrected chi connectivity index (χ4v) is 3.57. The van der Waals surface area contributed by atoms with Gasteiger partial charge < -0.3 is 10.2 Å². The van der Waals surface area contributed by atoms with Crippen molar-refractivity contribution in [1.29, 1.82) is 0 Å². The first-order chi connectivity index (χ1) is 12.0. The average Bonchev–Trinajstić information content (AvgIpc) is 2.98. The van der Waals surface area contributed by atoms with Crippen molar-refractivity contribution in [3.63, 3.8) is 0 Å². The van der Waals surface area contributed by atoms with Crippen LogP contribution in [0, 0.1) is 5.92 Å². The van der Waals surface area contributed by atoms with Gasteiger partial charge in [-0.3, -0.25) is 9.48 Å². The molecule has 2 heterocycles. The summed E-state index contributed by atoms with van der Waals surface area (Å²) < 4.78 is 1.80. The van der Waals surface area contributed by atoms with Crippen molar-refractivity contribution in [3.8, 4) is 0 Å². The van der Waals surface area contributed by atoms with E-state index < -0.39 is 0 Å². The van der Waals surface area contributed by atoms with Gasteiger partial charge in [0.2, 0.25) is 5.91 Å². The molecule has 1 fully saturated rings. The minimum atomic E-state index is -0.00484. The van der Waals surface area contributed by atoms with Gasteiger partial charge in [-0.15, -0.1) is 0 Å². The van der Waals surface area contributed by atoms with Gasteiger partial charge in [0.25, 0.3) is 0 Å². The smallest absolute Gasteiger partial charge is 0.224 e. The Morgan fingerprint density at radius 2 is 2.24 bits per heavy atom. The number of amides is 1. The second-order valence-corrected chi connectivity index (χ2v) is 7.29. The van der Waals surface area contributed by atoms with E-state index in [-0.39, 0.29) is 5.91 Å². The lowest BCUT2D eigenvalue weighted by Crippen LogP contribution is -2.34. The highest BCUT2D eigenvalue weighted by atomic mass is 35.5. The third-order valence-corrected chi connectivity index (χ3v) is 5.00. The largest absolute Gasteiger partial charge is 0.370 e. The Morgan fingerprint density at radius 1 is 1.40 bits per heavy atom. The van der Waals surface area contributed by atoms with Crippen LogP contribution in [0.25, 0.3) is 0 Å². The molecule has 134 valence electrons. The molecule has 0 bridgehead atoms. The Bertz CT molecular complexity index is 743. The Balaban J connectivity index is 1.69. The second kappa shape index (κ2) is 7.91. The summed E-state index contributed by atoms with van der Waals surface area (Å²) in [6.45, 7) is 4.30. The molecule has 1 aromatic heterocycles. The molecule has 1 aliphatic heterocycles. The van der Waals surface area contributed by atoms with Crippen molar-refractivity contribution >= 4 is 28.9 Å². The summed E-state index contributed by atoms with van der Waals surface area (Å²) >= 11 is 6.17. The first kappa shape index (κ1) is 17.8. The van der Waals surface area contributed by atoms with Crippen molar-refractivity contribution in [2.75, 3.05) is 23.3 Å². The number of hydrogen-bond acceptors (Lipinski definition) is 3. The van der Waals surface area contributed by atoms with Crippen LogP contribution in [-0.4, -0.2) is 28.8 Å². The SMILES string of the molecule is CC1CCCN(c2ccc(Cl)cc2NC(=O)CCc2ccnn2C)C1. The van der Waals surface area contributed by atoms with Crippen LogP contribution in [0.5, 0.6) is 0 Å². The van der Waals surface area contributed by atoms with E-state index in [1.165, 1.54) is 12.8 Å². The number of piperidine rings is 1. The maximum atomic E-state index is 12.4. The normalized spacial score (nSPS) is 17.6. The molecule has 2 aromatic rings. The molecule has 0 radical (unpaired) electrons. The van der Waals surface area contributed by atoms with Gasteiger partial charge >= 0.3 is 0 Å². The van der Waals surface area contributed by atoms with E-state index >= 15 is 0 Å². The molecule has 0 aliphatic carbocycles. The number of nitrogens with zero attached hydrogens (tertiary/aromatic N) is 3. The van der Waals surface area contributed by atoms with Gasteiger partial charge in [0.05, 0.1) is 11.4 Å². The standard InChI is InChI=1S/C19H25ClN4O/c1-14-4-3-11-24(13-14)18-7-5-15(20)12-17(18)22-19(25)8-6-16-9-10-21-23(16)2/h5,7,9-10,12,14H,3-4,6,8,11,13H2,1-2H3,(H,22,25). The summed E-state index contributed by atoms with van der Waals surface area (Å²) in [4.78, 5) is 14.8. The van der Waals surface area contributed by atoms with Crippen molar-refractivity contribution in [2.45, 2.75) is 32.6 Å². The highest BCUT2D eigenvalue weighted by Crippen LogP contribution is 2.32. The van der Waals surface area contributed by atoms with Crippen molar-refractivity contribution in [3.05, 3.63) is 41.2 Å². The van der Waals surface area contributed by atoms with E-state index in [1.807, 2.05) is 31.3 Å². The molecule has 1 saturated heterocycles. The zero-order chi connectivity index (χ0) is 17.8. The Labute approximate surface area is 154 Å². The third-order valence-electron chi connectivity index (χ3n) is 4.76. The molecule has 1 N–H and O–H groups in total. The molecular weight excluding hydrogens is 336 g/mol. The van der Waals surface area contributed by atoms with E-state index in [4.69, 9.17) is 11.6 Å². The van der Waals surface area contributed by atoms with Crippen molar-refractivity contribution < 1.29 is 4.79 Å². The minimum Gasteiger partial charge on any atom is -0.370 e. The number of anilines is 2. The van der Waals surface area contributed by atoms with Gasteiger partial charge in [-0.25, -0.2) is 0 Å². The number of aryl methyl sites for hydroxylation is 2. The molecule has 0 saturated carbocycles. The van der Waals surface area contributed by atoms with Crippen LogP contribution >= 0.6 is 11.6 Å². The van der Waals surface area contributed by atoms with Crippen LogP contribution in [0.2, 0.25) is 5.02 Å². The fourth-order valence-electron chi connectivity index (χ4n) is 3.39. The van der Waals surface area contributed by atoms with E-state index in [9.17, 15) is 4.79 Å². The van der Waals surface area contributed by atoms with Crippen LogP contribution in [0.1, 0.15) is 31.9 Å².